The summed E-state index contributed by atoms with van der Waals surface area (Å²) < 4.78 is 15.8. The van der Waals surface area contributed by atoms with E-state index in [9.17, 15) is 0 Å². The van der Waals surface area contributed by atoms with Crippen molar-refractivity contribution in [2.45, 2.75) is 0 Å². The Bertz CT molecular complexity index is 623. The smallest absolute Gasteiger partial charge is 0.149 e. The van der Waals surface area contributed by atoms with Crippen LogP contribution in [-0.2, 0) is 0 Å². The molecule has 0 aromatic heterocycles. The number of benzene rings is 2. The Morgan fingerprint density at radius 2 is 1.50 bits per heavy atom. The van der Waals surface area contributed by atoms with Crippen LogP contribution in [0.15, 0.2) is 48.5 Å². The van der Waals surface area contributed by atoms with Crippen LogP contribution in [0.3, 0.4) is 0 Å². The van der Waals surface area contributed by atoms with Gasteiger partial charge in [0.05, 0.1) is 14.2 Å². The predicted molar refractivity (Wildman–Crippen MR) is 78.4 cm³/mol. The van der Waals surface area contributed by atoms with E-state index >= 15 is 0 Å². The minimum absolute atomic E-state index is 0.324. The third-order valence-corrected chi connectivity index (χ3v) is 2.65. The van der Waals surface area contributed by atoms with Crippen LogP contribution in [0.4, 0.5) is 0 Å². The highest BCUT2D eigenvalue weighted by molar-refractivity contribution is 5.40. The van der Waals surface area contributed by atoms with Crippen LogP contribution < -0.4 is 14.2 Å². The Hall–Kier alpha value is -2.60. The second-order valence-corrected chi connectivity index (χ2v) is 4.00. The summed E-state index contributed by atoms with van der Waals surface area (Å²) >= 11 is 0. The van der Waals surface area contributed by atoms with Crippen molar-refractivity contribution >= 4 is 0 Å². The van der Waals surface area contributed by atoms with Gasteiger partial charge in [-0.25, -0.2) is 0 Å². The number of rotatable bonds is 4. The Kier molecular flexibility index (Phi) is 4.91. The van der Waals surface area contributed by atoms with E-state index in [2.05, 4.69) is 11.8 Å². The highest BCUT2D eigenvalue weighted by atomic mass is 16.5. The molecule has 3 heteroatoms. The predicted octanol–water partition coefficient (Wildman–Crippen LogP) is 3.13. The van der Waals surface area contributed by atoms with Gasteiger partial charge in [-0.05, 0) is 30.3 Å². The van der Waals surface area contributed by atoms with Crippen molar-refractivity contribution in [2.75, 3.05) is 20.8 Å². The standard InChI is InChI=1S/C17H16O3/c1-18-15-8-3-6-14(12-15)7-5-11-20-17-10-4-9-16(13-17)19-2/h3-4,6,8-10,12-13H,11H2,1-2H3. The van der Waals surface area contributed by atoms with Crippen molar-refractivity contribution < 1.29 is 14.2 Å². The molecule has 0 bridgehead atoms. The Morgan fingerprint density at radius 3 is 2.25 bits per heavy atom. The van der Waals surface area contributed by atoms with Gasteiger partial charge in [-0.2, -0.15) is 0 Å². The summed E-state index contributed by atoms with van der Waals surface area (Å²) in [7, 11) is 3.26. The largest absolute Gasteiger partial charge is 0.497 e. The monoisotopic (exact) mass is 268 g/mol. The maximum absolute atomic E-state index is 5.54. The molecule has 0 aliphatic rings. The van der Waals surface area contributed by atoms with Crippen LogP contribution in [-0.4, -0.2) is 20.8 Å². The van der Waals surface area contributed by atoms with Gasteiger partial charge in [0.15, 0.2) is 0 Å². The quantitative estimate of drug-likeness (QED) is 0.797. The molecule has 0 spiro atoms. The Morgan fingerprint density at radius 1 is 0.850 bits per heavy atom. The first-order valence-corrected chi connectivity index (χ1v) is 6.21. The molecule has 0 unspecified atom stereocenters. The van der Waals surface area contributed by atoms with Gasteiger partial charge in [0.1, 0.15) is 23.9 Å². The van der Waals surface area contributed by atoms with Crippen LogP contribution in [0.1, 0.15) is 5.56 Å². The van der Waals surface area contributed by atoms with Crippen LogP contribution >= 0.6 is 0 Å². The fraction of sp³-hybridized carbons (Fsp3) is 0.176. The van der Waals surface area contributed by atoms with E-state index in [1.165, 1.54) is 0 Å². The van der Waals surface area contributed by atoms with Crippen molar-refractivity contribution in [3.05, 3.63) is 54.1 Å². The highest BCUT2D eigenvalue weighted by Gasteiger charge is 1.95. The molecule has 0 fully saturated rings. The van der Waals surface area contributed by atoms with E-state index in [1.807, 2.05) is 48.5 Å². The second kappa shape index (κ2) is 7.10. The van der Waals surface area contributed by atoms with Crippen LogP contribution in [0, 0.1) is 11.8 Å². The molecule has 3 nitrogen and oxygen atoms in total. The average molecular weight is 268 g/mol. The van der Waals surface area contributed by atoms with Gasteiger partial charge in [-0.15, -0.1) is 0 Å². The highest BCUT2D eigenvalue weighted by Crippen LogP contribution is 2.18. The third-order valence-electron chi connectivity index (χ3n) is 2.65. The fourth-order valence-electron chi connectivity index (χ4n) is 1.65. The topological polar surface area (TPSA) is 27.7 Å². The molecule has 0 radical (unpaired) electrons. The maximum Gasteiger partial charge on any atom is 0.149 e. The Balaban J connectivity index is 1.94. The van der Waals surface area contributed by atoms with Gasteiger partial charge >= 0.3 is 0 Å². The normalized spacial score (nSPS) is 9.30. The van der Waals surface area contributed by atoms with E-state index < -0.39 is 0 Å². The molecule has 0 saturated heterocycles. The van der Waals surface area contributed by atoms with Gasteiger partial charge in [-0.3, -0.25) is 0 Å². The summed E-state index contributed by atoms with van der Waals surface area (Å²) in [4.78, 5) is 0. The minimum atomic E-state index is 0.324. The van der Waals surface area contributed by atoms with Gasteiger partial charge in [0.25, 0.3) is 0 Å². The summed E-state index contributed by atoms with van der Waals surface area (Å²) in [5, 5.41) is 0. The summed E-state index contributed by atoms with van der Waals surface area (Å²) in [6.07, 6.45) is 0. The molecular weight excluding hydrogens is 252 g/mol. The van der Waals surface area contributed by atoms with E-state index in [0.29, 0.717) is 6.61 Å². The molecule has 2 aromatic carbocycles. The third kappa shape index (κ3) is 3.96. The number of methoxy groups -OCH3 is 2. The lowest BCUT2D eigenvalue weighted by molar-refractivity contribution is 0.363. The molecule has 0 aliphatic heterocycles. The van der Waals surface area contributed by atoms with Gasteiger partial charge < -0.3 is 14.2 Å². The lowest BCUT2D eigenvalue weighted by atomic mass is 10.2. The van der Waals surface area contributed by atoms with Crippen molar-refractivity contribution in [1.29, 1.82) is 0 Å². The fourth-order valence-corrected chi connectivity index (χ4v) is 1.65. The zero-order valence-electron chi connectivity index (χ0n) is 11.6. The van der Waals surface area contributed by atoms with E-state index in [1.54, 1.807) is 14.2 Å². The van der Waals surface area contributed by atoms with Crippen LogP contribution in [0.5, 0.6) is 17.2 Å². The first-order valence-electron chi connectivity index (χ1n) is 6.21. The van der Waals surface area contributed by atoms with E-state index in [0.717, 1.165) is 22.8 Å². The number of hydrogen-bond donors (Lipinski definition) is 0. The second-order valence-electron chi connectivity index (χ2n) is 4.00. The lowest BCUT2D eigenvalue weighted by Crippen LogP contribution is -1.94. The van der Waals surface area contributed by atoms with Crippen molar-refractivity contribution in [1.82, 2.24) is 0 Å². The van der Waals surface area contributed by atoms with E-state index in [-0.39, 0.29) is 0 Å². The van der Waals surface area contributed by atoms with E-state index in [4.69, 9.17) is 14.2 Å². The molecule has 2 aromatic rings. The van der Waals surface area contributed by atoms with Crippen molar-refractivity contribution in [2.24, 2.45) is 0 Å². The first kappa shape index (κ1) is 13.8. The van der Waals surface area contributed by atoms with Crippen LogP contribution in [0.2, 0.25) is 0 Å². The molecule has 20 heavy (non-hydrogen) atoms. The SMILES string of the molecule is COc1cccc(C#CCOc2cccc(OC)c2)c1. The van der Waals surface area contributed by atoms with Crippen molar-refractivity contribution in [3.63, 3.8) is 0 Å². The van der Waals surface area contributed by atoms with Gasteiger partial charge in [0, 0.05) is 11.6 Å². The molecular formula is C17H16O3. The average Bonchev–Trinajstić information content (AvgIpc) is 2.52. The van der Waals surface area contributed by atoms with Gasteiger partial charge in [0.2, 0.25) is 0 Å². The minimum Gasteiger partial charge on any atom is -0.497 e. The summed E-state index contributed by atoms with van der Waals surface area (Å²) in [6, 6.07) is 15.1. The zero-order valence-corrected chi connectivity index (χ0v) is 11.6. The van der Waals surface area contributed by atoms with Crippen LogP contribution in [0.25, 0.3) is 0 Å². The molecule has 0 heterocycles. The maximum atomic E-state index is 5.54. The molecule has 0 atom stereocenters. The summed E-state index contributed by atoms with van der Waals surface area (Å²) in [6.45, 7) is 0.324. The molecule has 0 N–H and O–H groups in total. The molecule has 0 saturated carbocycles. The van der Waals surface area contributed by atoms with Gasteiger partial charge in [-0.1, -0.05) is 24.0 Å². The zero-order chi connectivity index (χ0) is 14.2. The summed E-state index contributed by atoms with van der Waals surface area (Å²) in [5.74, 6) is 8.31. The number of ether oxygens (including phenoxy) is 3. The first-order chi connectivity index (χ1) is 9.81. The Labute approximate surface area is 119 Å². The summed E-state index contributed by atoms with van der Waals surface area (Å²) in [5.41, 5.74) is 0.901. The molecule has 0 amide bonds. The molecule has 102 valence electrons. The molecule has 2 rings (SSSR count). The molecule has 0 aliphatic carbocycles. The van der Waals surface area contributed by atoms with Crippen molar-refractivity contribution in [3.8, 4) is 29.1 Å². The lowest BCUT2D eigenvalue weighted by Gasteiger charge is -2.04. The number of hydrogen-bond acceptors (Lipinski definition) is 3.